The highest BCUT2D eigenvalue weighted by molar-refractivity contribution is 5.88. The molecule has 1 saturated heterocycles. The second kappa shape index (κ2) is 7.09. The number of hydrogen-bond acceptors (Lipinski definition) is 3. The fourth-order valence-electron chi connectivity index (χ4n) is 3.15. The van der Waals surface area contributed by atoms with E-state index in [-0.39, 0.29) is 24.3 Å². The summed E-state index contributed by atoms with van der Waals surface area (Å²) in [4.78, 5) is 26.6. The van der Waals surface area contributed by atoms with Crippen molar-refractivity contribution in [3.05, 3.63) is 65.2 Å². The van der Waals surface area contributed by atoms with Crippen LogP contribution in [-0.4, -0.2) is 23.3 Å². The summed E-state index contributed by atoms with van der Waals surface area (Å²) in [5.41, 5.74) is 3.30. The van der Waals surface area contributed by atoms with E-state index >= 15 is 0 Å². The smallest absolute Gasteiger partial charge is 0.316 e. The fourth-order valence-corrected chi connectivity index (χ4v) is 3.15. The molecule has 0 saturated carbocycles. The van der Waals surface area contributed by atoms with Crippen LogP contribution >= 0.6 is 0 Å². The first-order valence-electron chi connectivity index (χ1n) is 8.59. The van der Waals surface area contributed by atoms with Gasteiger partial charge in [0.2, 0.25) is 5.91 Å². The summed E-state index contributed by atoms with van der Waals surface area (Å²) in [6.07, 6.45) is 0.209. The molecule has 1 heterocycles. The standard InChI is InChI=1S/C21H23NO3/c1-14-9-10-19(11-15(14)2)25-21(24)18-12-20(23)22(13-18)16(3)17-7-5-4-6-8-17/h4-11,16,18H,12-13H2,1-3H3/t16-,18+/m1/s1. The Hall–Kier alpha value is -2.62. The maximum absolute atomic E-state index is 12.5. The first-order chi connectivity index (χ1) is 12.0. The number of nitrogens with zero attached hydrogens (tertiary/aromatic N) is 1. The van der Waals surface area contributed by atoms with Crippen LogP contribution in [-0.2, 0) is 9.59 Å². The molecule has 4 nitrogen and oxygen atoms in total. The van der Waals surface area contributed by atoms with Crippen molar-refractivity contribution in [3.8, 4) is 5.75 Å². The minimum atomic E-state index is -0.416. The molecule has 1 aliphatic rings. The zero-order valence-electron chi connectivity index (χ0n) is 14.9. The lowest BCUT2D eigenvalue weighted by molar-refractivity contribution is -0.139. The van der Waals surface area contributed by atoms with Gasteiger partial charge in [0.05, 0.1) is 12.0 Å². The first-order valence-corrected chi connectivity index (χ1v) is 8.59. The Bertz CT molecular complexity index is 785. The van der Waals surface area contributed by atoms with Crippen LogP contribution in [0.5, 0.6) is 5.75 Å². The molecule has 4 heteroatoms. The van der Waals surface area contributed by atoms with Crippen LogP contribution in [0.15, 0.2) is 48.5 Å². The Morgan fingerprint density at radius 2 is 1.84 bits per heavy atom. The molecule has 0 unspecified atom stereocenters. The molecule has 0 aromatic heterocycles. The number of benzene rings is 2. The molecular formula is C21H23NO3. The molecule has 0 radical (unpaired) electrons. The lowest BCUT2D eigenvalue weighted by Gasteiger charge is -2.25. The molecule has 2 atom stereocenters. The summed E-state index contributed by atoms with van der Waals surface area (Å²) in [6, 6.07) is 15.4. The van der Waals surface area contributed by atoms with Crippen molar-refractivity contribution in [2.24, 2.45) is 5.92 Å². The number of carbonyl (C=O) groups is 2. The van der Waals surface area contributed by atoms with Crippen LogP contribution < -0.4 is 4.74 Å². The largest absolute Gasteiger partial charge is 0.426 e. The molecule has 130 valence electrons. The summed E-state index contributed by atoms with van der Waals surface area (Å²) in [7, 11) is 0. The maximum atomic E-state index is 12.5. The van der Waals surface area contributed by atoms with Gasteiger partial charge in [-0.1, -0.05) is 36.4 Å². The zero-order valence-corrected chi connectivity index (χ0v) is 14.9. The molecule has 3 rings (SSSR count). The minimum absolute atomic E-state index is 0.00149. The van der Waals surface area contributed by atoms with Gasteiger partial charge in [0.1, 0.15) is 5.75 Å². The molecule has 0 bridgehead atoms. The number of esters is 1. The van der Waals surface area contributed by atoms with Crippen molar-refractivity contribution in [3.63, 3.8) is 0 Å². The maximum Gasteiger partial charge on any atom is 0.316 e. The van der Waals surface area contributed by atoms with E-state index in [1.54, 1.807) is 11.0 Å². The predicted molar refractivity (Wildman–Crippen MR) is 96.2 cm³/mol. The van der Waals surface area contributed by atoms with Gasteiger partial charge in [-0.25, -0.2) is 0 Å². The molecular weight excluding hydrogens is 314 g/mol. The van der Waals surface area contributed by atoms with Crippen molar-refractivity contribution in [2.45, 2.75) is 33.2 Å². The van der Waals surface area contributed by atoms with E-state index < -0.39 is 5.92 Å². The monoisotopic (exact) mass is 337 g/mol. The normalized spacial score (nSPS) is 18.3. The molecule has 0 spiro atoms. The van der Waals surface area contributed by atoms with Crippen LogP contribution in [0.3, 0.4) is 0 Å². The van der Waals surface area contributed by atoms with E-state index in [0.29, 0.717) is 12.3 Å². The highest BCUT2D eigenvalue weighted by atomic mass is 16.5. The highest BCUT2D eigenvalue weighted by Gasteiger charge is 2.38. The molecule has 0 aliphatic carbocycles. The van der Waals surface area contributed by atoms with Gasteiger partial charge < -0.3 is 9.64 Å². The number of hydrogen-bond donors (Lipinski definition) is 0. The van der Waals surface area contributed by atoms with Gasteiger partial charge in [-0.3, -0.25) is 9.59 Å². The van der Waals surface area contributed by atoms with Crippen molar-refractivity contribution >= 4 is 11.9 Å². The molecule has 2 aromatic rings. The number of aryl methyl sites for hydroxylation is 2. The number of ether oxygens (including phenoxy) is 1. The summed E-state index contributed by atoms with van der Waals surface area (Å²) >= 11 is 0. The Morgan fingerprint density at radius 3 is 2.52 bits per heavy atom. The summed E-state index contributed by atoms with van der Waals surface area (Å²) in [6.45, 7) is 6.39. The Labute approximate surface area is 148 Å². The number of likely N-dealkylation sites (tertiary alicyclic amines) is 1. The van der Waals surface area contributed by atoms with E-state index in [1.165, 1.54) is 0 Å². The van der Waals surface area contributed by atoms with Crippen LogP contribution in [0, 0.1) is 19.8 Å². The topological polar surface area (TPSA) is 46.6 Å². The van der Waals surface area contributed by atoms with Crippen molar-refractivity contribution in [2.75, 3.05) is 6.54 Å². The van der Waals surface area contributed by atoms with Gasteiger partial charge in [0, 0.05) is 13.0 Å². The summed E-state index contributed by atoms with van der Waals surface area (Å²) < 4.78 is 5.50. The molecule has 1 aliphatic heterocycles. The van der Waals surface area contributed by atoms with Crippen LogP contribution in [0.2, 0.25) is 0 Å². The number of amides is 1. The Kier molecular flexibility index (Phi) is 4.88. The van der Waals surface area contributed by atoms with Crippen molar-refractivity contribution < 1.29 is 14.3 Å². The van der Waals surface area contributed by atoms with Crippen LogP contribution in [0.25, 0.3) is 0 Å². The van der Waals surface area contributed by atoms with Crippen LogP contribution in [0.4, 0.5) is 0 Å². The fraction of sp³-hybridized carbons (Fsp3) is 0.333. The summed E-state index contributed by atoms with van der Waals surface area (Å²) in [5.74, 6) is -0.215. The summed E-state index contributed by atoms with van der Waals surface area (Å²) in [5, 5.41) is 0. The molecule has 1 amide bonds. The first kappa shape index (κ1) is 17.2. The lowest BCUT2D eigenvalue weighted by Crippen LogP contribution is -2.30. The SMILES string of the molecule is Cc1ccc(OC(=O)[C@H]2CC(=O)N([C@H](C)c3ccccc3)C2)cc1C. The molecule has 1 fully saturated rings. The van der Waals surface area contributed by atoms with Gasteiger partial charge in [-0.2, -0.15) is 0 Å². The average molecular weight is 337 g/mol. The van der Waals surface area contributed by atoms with Crippen molar-refractivity contribution in [1.82, 2.24) is 4.90 Å². The number of rotatable bonds is 4. The Balaban J connectivity index is 1.67. The molecule has 0 N–H and O–H groups in total. The molecule has 25 heavy (non-hydrogen) atoms. The third-order valence-electron chi connectivity index (χ3n) is 4.94. The van der Waals surface area contributed by atoms with E-state index in [2.05, 4.69) is 0 Å². The van der Waals surface area contributed by atoms with E-state index in [9.17, 15) is 9.59 Å². The third kappa shape index (κ3) is 3.73. The van der Waals surface area contributed by atoms with Gasteiger partial charge in [-0.15, -0.1) is 0 Å². The van der Waals surface area contributed by atoms with E-state index in [1.807, 2.05) is 63.2 Å². The van der Waals surface area contributed by atoms with Crippen LogP contribution in [0.1, 0.15) is 36.1 Å². The Morgan fingerprint density at radius 1 is 1.12 bits per heavy atom. The minimum Gasteiger partial charge on any atom is -0.426 e. The second-order valence-corrected chi connectivity index (χ2v) is 6.70. The van der Waals surface area contributed by atoms with Gasteiger partial charge in [-0.05, 0) is 49.6 Å². The van der Waals surface area contributed by atoms with E-state index in [0.717, 1.165) is 16.7 Å². The van der Waals surface area contributed by atoms with Crippen molar-refractivity contribution in [1.29, 1.82) is 0 Å². The van der Waals surface area contributed by atoms with Gasteiger partial charge >= 0.3 is 5.97 Å². The predicted octanol–water partition coefficient (Wildman–Crippen LogP) is 3.82. The third-order valence-corrected chi connectivity index (χ3v) is 4.94. The molecule has 2 aromatic carbocycles. The highest BCUT2D eigenvalue weighted by Crippen LogP contribution is 2.29. The quantitative estimate of drug-likeness (QED) is 0.629. The van der Waals surface area contributed by atoms with Gasteiger partial charge in [0.15, 0.2) is 0 Å². The van der Waals surface area contributed by atoms with E-state index in [4.69, 9.17) is 4.74 Å². The average Bonchev–Trinajstić information content (AvgIpc) is 3.00. The van der Waals surface area contributed by atoms with Gasteiger partial charge in [0.25, 0.3) is 0 Å². The lowest BCUT2D eigenvalue weighted by atomic mass is 10.1. The number of carbonyl (C=O) groups excluding carboxylic acids is 2. The second-order valence-electron chi connectivity index (χ2n) is 6.70. The zero-order chi connectivity index (χ0) is 18.0.